The van der Waals surface area contributed by atoms with Gasteiger partial charge in [-0.2, -0.15) is 0 Å². The lowest BCUT2D eigenvalue weighted by molar-refractivity contribution is -0.384. The summed E-state index contributed by atoms with van der Waals surface area (Å²) in [6.45, 7) is 4.38. The van der Waals surface area contributed by atoms with Gasteiger partial charge >= 0.3 is 5.69 Å². The van der Waals surface area contributed by atoms with E-state index in [0.29, 0.717) is 5.82 Å². The first-order chi connectivity index (χ1) is 11.7. The van der Waals surface area contributed by atoms with E-state index in [1.54, 1.807) is 12.3 Å². The number of rotatable bonds is 6. The molecule has 1 aliphatic heterocycles. The molecule has 1 aliphatic rings. The molecule has 3 rings (SSSR count). The fraction of sp³-hybridized carbons (Fsp3) is 0.353. The largest absolute Gasteiger partial charge is 0.348 e. The van der Waals surface area contributed by atoms with Gasteiger partial charge in [0, 0.05) is 55.6 Å². The van der Waals surface area contributed by atoms with Gasteiger partial charge in [-0.3, -0.25) is 15.0 Å². The number of benzene rings is 1. The minimum absolute atomic E-state index is 0.0885. The van der Waals surface area contributed by atoms with E-state index >= 15 is 0 Å². The van der Waals surface area contributed by atoms with Gasteiger partial charge < -0.3 is 4.90 Å². The van der Waals surface area contributed by atoms with E-state index in [9.17, 15) is 10.1 Å². The molecule has 7 heteroatoms. The zero-order chi connectivity index (χ0) is 16.8. The Labute approximate surface area is 145 Å². The second-order valence-electron chi connectivity index (χ2n) is 5.59. The molecule has 1 fully saturated rings. The number of nitro groups is 1. The van der Waals surface area contributed by atoms with Crippen LogP contribution in [0.25, 0.3) is 0 Å². The molecular weight excluding hydrogens is 324 g/mol. The molecule has 1 aromatic heterocycles. The molecule has 0 spiro atoms. The zero-order valence-corrected chi connectivity index (χ0v) is 14.2. The predicted octanol–water partition coefficient (Wildman–Crippen LogP) is 2.90. The van der Waals surface area contributed by atoms with E-state index in [0.717, 1.165) is 38.5 Å². The van der Waals surface area contributed by atoms with Crippen LogP contribution in [0.15, 0.2) is 53.6 Å². The van der Waals surface area contributed by atoms with Crippen LogP contribution in [-0.4, -0.2) is 53.3 Å². The minimum atomic E-state index is -0.356. The Kier molecular flexibility index (Phi) is 5.66. The van der Waals surface area contributed by atoms with E-state index in [-0.39, 0.29) is 10.6 Å². The minimum Gasteiger partial charge on any atom is -0.348 e. The standard InChI is InChI=1S/C17H20N4O2S/c22-21(23)16-7-4-8-18-17(16)20-11-9-19(10-12-20)13-14-24-15-5-2-1-3-6-15/h1-8H,9-14H2. The van der Waals surface area contributed by atoms with E-state index in [1.807, 2.05) is 22.7 Å². The van der Waals surface area contributed by atoms with Gasteiger partial charge in [-0.05, 0) is 18.2 Å². The molecule has 0 saturated carbocycles. The summed E-state index contributed by atoms with van der Waals surface area (Å²) in [6.07, 6.45) is 1.62. The summed E-state index contributed by atoms with van der Waals surface area (Å²) in [4.78, 5) is 20.7. The Balaban J connectivity index is 1.48. The Hall–Kier alpha value is -2.12. The average Bonchev–Trinajstić information content (AvgIpc) is 2.63. The number of nitrogens with zero attached hydrogens (tertiary/aromatic N) is 4. The van der Waals surface area contributed by atoms with Crippen LogP contribution in [0.3, 0.4) is 0 Å². The van der Waals surface area contributed by atoms with Crippen LogP contribution in [0, 0.1) is 10.1 Å². The summed E-state index contributed by atoms with van der Waals surface area (Å²) < 4.78 is 0. The fourth-order valence-corrected chi connectivity index (χ4v) is 3.70. The van der Waals surface area contributed by atoms with Crippen LogP contribution < -0.4 is 4.90 Å². The third kappa shape index (κ3) is 4.24. The van der Waals surface area contributed by atoms with Gasteiger partial charge in [-0.25, -0.2) is 4.98 Å². The number of anilines is 1. The Morgan fingerprint density at radius 1 is 1.08 bits per heavy atom. The molecule has 0 unspecified atom stereocenters. The molecule has 6 nitrogen and oxygen atoms in total. The summed E-state index contributed by atoms with van der Waals surface area (Å²) in [6, 6.07) is 13.5. The van der Waals surface area contributed by atoms with Crippen LogP contribution in [0.4, 0.5) is 11.5 Å². The molecular formula is C17H20N4O2S. The van der Waals surface area contributed by atoms with Crippen molar-refractivity contribution < 1.29 is 4.92 Å². The maximum atomic E-state index is 11.1. The van der Waals surface area contributed by atoms with E-state index in [1.165, 1.54) is 11.0 Å². The first kappa shape index (κ1) is 16.7. The zero-order valence-electron chi connectivity index (χ0n) is 13.4. The molecule has 0 aliphatic carbocycles. The van der Waals surface area contributed by atoms with Gasteiger partial charge in [0.15, 0.2) is 0 Å². The van der Waals surface area contributed by atoms with Gasteiger partial charge in [-0.1, -0.05) is 18.2 Å². The number of aromatic nitrogens is 1. The van der Waals surface area contributed by atoms with Crippen LogP contribution in [0.2, 0.25) is 0 Å². The molecule has 0 amide bonds. The van der Waals surface area contributed by atoms with Gasteiger partial charge in [0.1, 0.15) is 0 Å². The quantitative estimate of drug-likeness (QED) is 0.456. The van der Waals surface area contributed by atoms with Crippen molar-refractivity contribution in [2.24, 2.45) is 0 Å². The highest BCUT2D eigenvalue weighted by Gasteiger charge is 2.24. The van der Waals surface area contributed by atoms with E-state index in [2.05, 4.69) is 34.1 Å². The molecule has 2 aromatic rings. The molecule has 0 N–H and O–H groups in total. The number of hydrogen-bond donors (Lipinski definition) is 0. The van der Waals surface area contributed by atoms with Gasteiger partial charge in [0.2, 0.25) is 5.82 Å². The summed E-state index contributed by atoms with van der Waals surface area (Å²) in [5.74, 6) is 1.54. The Morgan fingerprint density at radius 2 is 1.83 bits per heavy atom. The summed E-state index contributed by atoms with van der Waals surface area (Å²) in [5, 5.41) is 11.1. The molecule has 24 heavy (non-hydrogen) atoms. The van der Waals surface area contributed by atoms with Crippen molar-refractivity contribution in [2.45, 2.75) is 4.90 Å². The van der Waals surface area contributed by atoms with Crippen molar-refractivity contribution in [3.8, 4) is 0 Å². The lowest BCUT2D eigenvalue weighted by Gasteiger charge is -2.34. The third-order valence-electron chi connectivity index (χ3n) is 4.05. The van der Waals surface area contributed by atoms with Crippen molar-refractivity contribution >= 4 is 23.3 Å². The summed E-state index contributed by atoms with van der Waals surface area (Å²) in [7, 11) is 0. The first-order valence-corrected chi connectivity index (χ1v) is 8.97. The van der Waals surface area contributed by atoms with Gasteiger partial charge in [0.05, 0.1) is 4.92 Å². The summed E-state index contributed by atoms with van der Waals surface area (Å²) in [5.41, 5.74) is 0.0885. The van der Waals surface area contributed by atoms with Gasteiger partial charge in [-0.15, -0.1) is 11.8 Å². The second kappa shape index (κ2) is 8.12. The predicted molar refractivity (Wildman–Crippen MR) is 96.7 cm³/mol. The summed E-state index contributed by atoms with van der Waals surface area (Å²) >= 11 is 1.86. The highest BCUT2D eigenvalue weighted by atomic mass is 32.2. The first-order valence-electron chi connectivity index (χ1n) is 7.98. The molecule has 0 bridgehead atoms. The SMILES string of the molecule is O=[N+]([O-])c1cccnc1N1CCN(CCSc2ccccc2)CC1. The smallest absolute Gasteiger partial charge is 0.311 e. The van der Waals surface area contributed by atoms with Crippen LogP contribution in [0.5, 0.6) is 0 Å². The van der Waals surface area contributed by atoms with Crippen molar-refractivity contribution in [2.75, 3.05) is 43.4 Å². The highest BCUT2D eigenvalue weighted by molar-refractivity contribution is 7.99. The number of piperazine rings is 1. The lowest BCUT2D eigenvalue weighted by atomic mass is 10.3. The number of pyridine rings is 1. The fourth-order valence-electron chi connectivity index (χ4n) is 2.77. The normalized spacial score (nSPS) is 15.4. The number of thioether (sulfide) groups is 1. The topological polar surface area (TPSA) is 62.5 Å². The van der Waals surface area contributed by atoms with Gasteiger partial charge in [0.25, 0.3) is 0 Å². The van der Waals surface area contributed by atoms with Crippen molar-refractivity contribution in [1.29, 1.82) is 0 Å². The average molecular weight is 344 g/mol. The van der Waals surface area contributed by atoms with Crippen LogP contribution in [-0.2, 0) is 0 Å². The van der Waals surface area contributed by atoms with E-state index < -0.39 is 0 Å². The van der Waals surface area contributed by atoms with Crippen molar-refractivity contribution in [3.05, 3.63) is 58.8 Å². The molecule has 1 aromatic carbocycles. The van der Waals surface area contributed by atoms with E-state index in [4.69, 9.17) is 0 Å². The molecule has 2 heterocycles. The maximum absolute atomic E-state index is 11.1. The Bertz CT molecular complexity index is 675. The molecule has 0 radical (unpaired) electrons. The number of hydrogen-bond acceptors (Lipinski definition) is 6. The van der Waals surface area contributed by atoms with Crippen molar-refractivity contribution in [3.63, 3.8) is 0 Å². The lowest BCUT2D eigenvalue weighted by Crippen LogP contribution is -2.47. The Morgan fingerprint density at radius 3 is 2.54 bits per heavy atom. The van der Waals surface area contributed by atoms with Crippen molar-refractivity contribution in [1.82, 2.24) is 9.88 Å². The molecule has 1 saturated heterocycles. The maximum Gasteiger partial charge on any atom is 0.311 e. The molecule has 126 valence electrons. The van der Waals surface area contributed by atoms with Crippen LogP contribution >= 0.6 is 11.8 Å². The third-order valence-corrected chi connectivity index (χ3v) is 5.05. The highest BCUT2D eigenvalue weighted by Crippen LogP contribution is 2.25. The van der Waals surface area contributed by atoms with Crippen LogP contribution in [0.1, 0.15) is 0 Å². The second-order valence-corrected chi connectivity index (χ2v) is 6.76. The monoisotopic (exact) mass is 344 g/mol. The molecule has 0 atom stereocenters.